The molecule has 10 nitrogen and oxygen atoms in total. The number of carbonyl (C=O) groups is 4. The summed E-state index contributed by atoms with van der Waals surface area (Å²) in [5, 5.41) is 20.6. The molecule has 1 aliphatic rings. The smallest absolute Gasteiger partial charge is 0.335 e. The number of rotatable bonds is 8. The van der Waals surface area contributed by atoms with Crippen LogP contribution in [0.15, 0.2) is 60.2 Å². The van der Waals surface area contributed by atoms with Crippen LogP contribution >= 0.6 is 11.8 Å². The highest BCUT2D eigenvalue weighted by Gasteiger charge is 2.32. The van der Waals surface area contributed by atoms with Gasteiger partial charge in [-0.1, -0.05) is 30.5 Å². The molecule has 5 N–H and O–H groups in total. The minimum Gasteiger partial charge on any atom is -0.478 e. The van der Waals surface area contributed by atoms with Gasteiger partial charge in [0.05, 0.1) is 11.3 Å². The van der Waals surface area contributed by atoms with Gasteiger partial charge < -0.3 is 21.1 Å². The summed E-state index contributed by atoms with van der Waals surface area (Å²) in [5.74, 6) is -1.99. The third-order valence-electron chi connectivity index (χ3n) is 4.39. The molecule has 3 rings (SSSR count). The summed E-state index contributed by atoms with van der Waals surface area (Å²) >= 11 is 1.10. The van der Waals surface area contributed by atoms with Gasteiger partial charge in [-0.2, -0.15) is 0 Å². The topological polar surface area (TPSA) is 149 Å². The zero-order valence-corrected chi connectivity index (χ0v) is 18.4. The summed E-state index contributed by atoms with van der Waals surface area (Å²) in [7, 11) is 0. The van der Waals surface area contributed by atoms with Gasteiger partial charge in [-0.25, -0.2) is 4.79 Å². The molecule has 0 spiro atoms. The summed E-state index contributed by atoms with van der Waals surface area (Å²) < 4.78 is 0. The van der Waals surface area contributed by atoms with Crippen molar-refractivity contribution in [2.75, 3.05) is 10.6 Å². The largest absolute Gasteiger partial charge is 0.478 e. The maximum atomic E-state index is 12.3. The van der Waals surface area contributed by atoms with Crippen molar-refractivity contribution < 1.29 is 24.3 Å². The number of hydrogen-bond donors (Lipinski definition) is 5. The molecule has 11 heteroatoms. The molecule has 1 atom stereocenters. The number of amides is 3. The zero-order chi connectivity index (χ0) is 24.0. The number of aromatic carboxylic acids is 1. The first-order chi connectivity index (χ1) is 15.7. The van der Waals surface area contributed by atoms with Gasteiger partial charge in [0.25, 0.3) is 0 Å². The summed E-state index contributed by atoms with van der Waals surface area (Å²) in [6, 6.07) is 12.7. The molecule has 33 heavy (non-hydrogen) atoms. The number of anilines is 2. The van der Waals surface area contributed by atoms with Crippen molar-refractivity contribution in [3.05, 3.63) is 66.2 Å². The lowest BCUT2D eigenvalue weighted by Gasteiger charge is -2.08. The van der Waals surface area contributed by atoms with E-state index in [4.69, 9.17) is 5.11 Å². The molecule has 0 unspecified atom stereocenters. The van der Waals surface area contributed by atoms with Crippen molar-refractivity contribution in [3.63, 3.8) is 0 Å². The molecule has 2 aromatic carbocycles. The Morgan fingerprint density at radius 2 is 1.82 bits per heavy atom. The van der Waals surface area contributed by atoms with Crippen LogP contribution in [0.1, 0.15) is 29.3 Å². The Bertz CT molecular complexity index is 1150. The molecule has 1 heterocycles. The highest BCUT2D eigenvalue weighted by molar-refractivity contribution is 8.15. The van der Waals surface area contributed by atoms with Crippen LogP contribution in [0.4, 0.5) is 11.4 Å². The molecule has 1 fully saturated rings. The highest BCUT2D eigenvalue weighted by atomic mass is 32.2. The number of carboxylic acids is 1. The van der Waals surface area contributed by atoms with Gasteiger partial charge >= 0.3 is 5.97 Å². The standard InChI is InChI=1S/C22H21N5O5S/c1-12(15-4-3-5-17(10-15)23-13(2)28)26-27-22-25-20(30)18(33-22)11-19(29)24-16-8-6-14(7-9-16)21(31)32/h3-10,18,26H,1,11H2,2H3,(H,23,28)(H,24,29)(H,31,32)(H,25,27,30)/t18-/m1/s1. The molecule has 0 bridgehead atoms. The highest BCUT2D eigenvalue weighted by Crippen LogP contribution is 2.23. The van der Waals surface area contributed by atoms with E-state index >= 15 is 0 Å². The second-order valence-electron chi connectivity index (χ2n) is 7.00. The van der Waals surface area contributed by atoms with E-state index in [0.717, 1.165) is 11.8 Å². The van der Waals surface area contributed by atoms with Crippen molar-refractivity contribution in [3.8, 4) is 0 Å². The van der Waals surface area contributed by atoms with Gasteiger partial charge in [0.2, 0.25) is 17.7 Å². The maximum Gasteiger partial charge on any atom is 0.335 e. The Morgan fingerprint density at radius 1 is 1.09 bits per heavy atom. The van der Waals surface area contributed by atoms with E-state index in [1.165, 1.54) is 31.2 Å². The summed E-state index contributed by atoms with van der Waals surface area (Å²) in [6.45, 7) is 5.32. The fourth-order valence-corrected chi connectivity index (χ4v) is 3.77. The molecule has 0 saturated carbocycles. The quantitative estimate of drug-likeness (QED) is 0.374. The van der Waals surface area contributed by atoms with Crippen LogP contribution < -0.4 is 21.4 Å². The molecular formula is C22H21N5O5S. The molecule has 0 aliphatic carbocycles. The first kappa shape index (κ1) is 23.5. The number of benzene rings is 2. The Labute approximate surface area is 193 Å². The number of hydrazone groups is 1. The predicted molar refractivity (Wildman–Crippen MR) is 127 cm³/mol. The Balaban J connectivity index is 1.54. The molecular weight excluding hydrogens is 446 g/mol. The van der Waals surface area contributed by atoms with E-state index in [0.29, 0.717) is 27.8 Å². The van der Waals surface area contributed by atoms with Crippen molar-refractivity contribution in [1.82, 2.24) is 10.7 Å². The van der Waals surface area contributed by atoms with Gasteiger partial charge in [-0.15, -0.1) is 5.10 Å². The second kappa shape index (κ2) is 10.5. The van der Waals surface area contributed by atoms with Crippen LogP contribution in [0.2, 0.25) is 0 Å². The van der Waals surface area contributed by atoms with E-state index in [2.05, 4.69) is 33.1 Å². The second-order valence-corrected chi connectivity index (χ2v) is 8.19. The Hall–Kier alpha value is -4.12. The molecule has 170 valence electrons. The minimum atomic E-state index is -1.06. The minimum absolute atomic E-state index is 0.0874. The lowest BCUT2D eigenvalue weighted by Crippen LogP contribution is -2.28. The molecule has 1 aliphatic heterocycles. The Morgan fingerprint density at radius 3 is 2.48 bits per heavy atom. The first-order valence-electron chi connectivity index (χ1n) is 9.72. The van der Waals surface area contributed by atoms with E-state index in [1.807, 2.05) is 0 Å². The molecule has 0 radical (unpaired) electrons. The van der Waals surface area contributed by atoms with E-state index in [1.54, 1.807) is 24.3 Å². The van der Waals surface area contributed by atoms with Gasteiger partial charge in [0.15, 0.2) is 5.17 Å². The number of thioether (sulfide) groups is 1. The number of amidine groups is 1. The summed E-state index contributed by atoms with van der Waals surface area (Å²) in [5.41, 5.74) is 5.07. The van der Waals surface area contributed by atoms with E-state index < -0.39 is 11.2 Å². The third kappa shape index (κ3) is 6.68. The lowest BCUT2D eigenvalue weighted by molar-refractivity contribution is -0.122. The third-order valence-corrected chi connectivity index (χ3v) is 5.47. The monoisotopic (exact) mass is 467 g/mol. The number of carboxylic acid groups (broad SMARTS) is 1. The number of nitrogens with zero attached hydrogens (tertiary/aromatic N) is 1. The van der Waals surface area contributed by atoms with Gasteiger partial charge in [-0.05, 0) is 36.4 Å². The van der Waals surface area contributed by atoms with E-state index in [-0.39, 0.29) is 29.7 Å². The van der Waals surface area contributed by atoms with Gasteiger partial charge in [0.1, 0.15) is 5.25 Å². The first-order valence-corrected chi connectivity index (χ1v) is 10.6. The van der Waals surface area contributed by atoms with Crippen LogP contribution in [-0.2, 0) is 14.4 Å². The van der Waals surface area contributed by atoms with Gasteiger partial charge in [-0.3, -0.25) is 19.8 Å². The van der Waals surface area contributed by atoms with Crippen LogP contribution in [-0.4, -0.2) is 39.2 Å². The average Bonchev–Trinajstić information content (AvgIpc) is 3.11. The van der Waals surface area contributed by atoms with Crippen LogP contribution in [0.3, 0.4) is 0 Å². The van der Waals surface area contributed by atoms with Crippen LogP contribution in [0.5, 0.6) is 0 Å². The van der Waals surface area contributed by atoms with Crippen molar-refractivity contribution in [2.45, 2.75) is 18.6 Å². The summed E-state index contributed by atoms with van der Waals surface area (Å²) in [4.78, 5) is 46.6. The van der Waals surface area contributed by atoms with Crippen molar-refractivity contribution in [1.29, 1.82) is 0 Å². The molecule has 3 amide bonds. The van der Waals surface area contributed by atoms with Crippen LogP contribution in [0.25, 0.3) is 5.70 Å². The number of nitrogens with one attached hydrogen (secondary N) is 4. The SMILES string of the molecule is C=C(N/N=C1/NC(=O)[C@@H](CC(=O)Nc2ccc(C(=O)O)cc2)S1)c1cccc(NC(C)=O)c1. The van der Waals surface area contributed by atoms with Gasteiger partial charge in [0, 0.05) is 30.3 Å². The maximum absolute atomic E-state index is 12.3. The molecule has 2 aromatic rings. The van der Waals surface area contributed by atoms with Crippen molar-refractivity contribution in [2.24, 2.45) is 5.10 Å². The average molecular weight is 468 g/mol. The normalized spacial score (nSPS) is 16.1. The number of hydrogen-bond acceptors (Lipinski definition) is 7. The molecule has 1 saturated heterocycles. The lowest BCUT2D eigenvalue weighted by atomic mass is 10.1. The number of carbonyl (C=O) groups excluding carboxylic acids is 3. The van der Waals surface area contributed by atoms with Crippen molar-refractivity contribution >= 4 is 57.7 Å². The fraction of sp³-hybridized carbons (Fsp3) is 0.136. The summed E-state index contributed by atoms with van der Waals surface area (Å²) in [6.07, 6.45) is -0.0874. The Kier molecular flexibility index (Phi) is 7.46. The van der Waals surface area contributed by atoms with Crippen LogP contribution in [0, 0.1) is 0 Å². The fourth-order valence-electron chi connectivity index (χ4n) is 2.84. The predicted octanol–water partition coefficient (Wildman–Crippen LogP) is 2.43. The van der Waals surface area contributed by atoms with E-state index in [9.17, 15) is 19.2 Å². The molecule has 0 aromatic heterocycles. The zero-order valence-electron chi connectivity index (χ0n) is 17.5.